The number of hydrogen-bond donors (Lipinski definition) is 0. The molecule has 0 bridgehead atoms. The predicted octanol–water partition coefficient (Wildman–Crippen LogP) is -0.00560. The van der Waals surface area contributed by atoms with E-state index in [2.05, 4.69) is 17.0 Å². The fourth-order valence-corrected chi connectivity index (χ4v) is 52.5. The number of rotatable bonds is 3. The van der Waals surface area contributed by atoms with Crippen LogP contribution in [-0.4, -0.2) is 38.2 Å². The maximum atomic E-state index is 2.15. The predicted molar refractivity (Wildman–Crippen MR) is 29.5 cm³/mol. The molecule has 0 amide bonds. The third kappa shape index (κ3) is 7.66. The summed E-state index contributed by atoms with van der Waals surface area (Å²) in [6, 6.07) is 0. The van der Waals surface area contributed by atoms with Gasteiger partial charge in [-0.2, -0.15) is 0 Å². The van der Waals surface area contributed by atoms with Crippen molar-refractivity contribution >= 4 is 55.2 Å². The van der Waals surface area contributed by atoms with Gasteiger partial charge >= 0.3 is 82.5 Å². The first-order chi connectivity index (χ1) is 2.91. The van der Waals surface area contributed by atoms with Crippen molar-refractivity contribution < 1.29 is 27.4 Å². The summed E-state index contributed by atoms with van der Waals surface area (Å²) in [7, 11) is 4.29. The van der Waals surface area contributed by atoms with Crippen molar-refractivity contribution in [3.8, 4) is 0 Å². The van der Waals surface area contributed by atoms with Crippen LogP contribution in [0.1, 0.15) is 0 Å². The molecule has 0 heterocycles. The van der Waals surface area contributed by atoms with Crippen LogP contribution in [0.2, 0.25) is 0 Å². The van der Waals surface area contributed by atoms with Gasteiger partial charge in [-0.3, -0.25) is 0 Å². The van der Waals surface area contributed by atoms with Crippen LogP contribution < -0.4 is 0 Å². The minimum absolute atomic E-state index is 0.434. The molecule has 0 nitrogen and oxygen atoms in total. The minimum atomic E-state index is 0.434. The molecule has 0 radical (unpaired) electrons. The summed E-state index contributed by atoms with van der Waals surface area (Å²) in [5, 5.41) is 0. The van der Waals surface area contributed by atoms with Gasteiger partial charge in [0.05, 0.1) is 0 Å². The van der Waals surface area contributed by atoms with Crippen LogP contribution in [0.15, 0.2) is 0 Å². The Morgan fingerprint density at radius 1 is 1.00 bits per heavy atom. The summed E-state index contributed by atoms with van der Waals surface area (Å²) in [6.45, 7) is 0. The van der Waals surface area contributed by atoms with E-state index in [4.69, 9.17) is 0 Å². The molecule has 0 aliphatic rings. The average Bonchev–Trinajstić information content (AvgIpc) is 1.61. The van der Waals surface area contributed by atoms with Gasteiger partial charge in [0.15, 0.2) is 0 Å². The van der Waals surface area contributed by atoms with Crippen LogP contribution in [0.25, 0.3) is 0 Å². The Kier molecular flexibility index (Phi) is 13.9. The molecule has 0 aromatic heterocycles. The molecule has 6 heavy (non-hydrogen) atoms. The standard InChI is InChI=1S/2Mo.S2.2H2Te/c;;1-2;;/h;;;2*1H2/q2*+2;-2;;/p-2. The van der Waals surface area contributed by atoms with Gasteiger partial charge < -0.3 is 0 Å². The van der Waals surface area contributed by atoms with Crippen LogP contribution in [-0.2, 0) is 27.4 Å². The Bertz CT molecular complexity index is 21.5. The maximum absolute atomic E-state index is 2.15. The number of hydrogen-bond acceptors (Lipinski definition) is 2. The van der Waals surface area contributed by atoms with E-state index in [1.165, 1.54) is 0 Å². The van der Waals surface area contributed by atoms with Gasteiger partial charge in [0, 0.05) is 0 Å². The van der Waals surface area contributed by atoms with Crippen LogP contribution in [0.5, 0.6) is 0 Å². The van der Waals surface area contributed by atoms with E-state index in [1.54, 1.807) is 0 Å². The Morgan fingerprint density at radius 2 is 1.33 bits per heavy atom. The molecule has 0 N–H and O–H groups in total. The Hall–Kier alpha value is 3.66. The summed E-state index contributed by atoms with van der Waals surface area (Å²) in [5.41, 5.74) is 0. The first kappa shape index (κ1) is 9.66. The van der Waals surface area contributed by atoms with Gasteiger partial charge in [-0.1, -0.05) is 0 Å². The zero-order valence-electron chi connectivity index (χ0n) is 2.53. The van der Waals surface area contributed by atoms with Gasteiger partial charge in [-0.25, -0.2) is 0 Å². The third-order valence-electron chi connectivity index (χ3n) is 0.0886. The van der Waals surface area contributed by atoms with Crippen molar-refractivity contribution in [3.63, 3.8) is 0 Å². The van der Waals surface area contributed by atoms with Gasteiger partial charge in [0.2, 0.25) is 0 Å². The second kappa shape index (κ2) is 8.66. The molecule has 0 aliphatic heterocycles. The Balaban J connectivity index is 2.34. The molecule has 6 heteroatoms. The van der Waals surface area contributed by atoms with Gasteiger partial charge in [0.25, 0.3) is 0 Å². The zero-order valence-corrected chi connectivity index (χ0v) is 13.3. The fraction of sp³-hybridized carbons (Fsp3) is 0. The van der Waals surface area contributed by atoms with Gasteiger partial charge in [0.1, 0.15) is 0 Å². The fourth-order valence-electron chi connectivity index (χ4n) is 0.0248. The normalized spacial score (nSPS) is 9.00. The molecule has 0 fully saturated rings. The first-order valence-corrected chi connectivity index (χ1v) is 21.9. The van der Waals surface area contributed by atoms with E-state index >= 15 is 0 Å². The molecule has 0 aromatic rings. The topological polar surface area (TPSA) is 0 Å². The molecule has 0 rings (SSSR count). The molecule has 0 spiro atoms. The van der Waals surface area contributed by atoms with E-state index in [0.717, 1.165) is 0 Å². The second-order valence-corrected chi connectivity index (χ2v) is 25.0. The van der Waals surface area contributed by atoms with Crippen molar-refractivity contribution in [1.82, 2.24) is 0 Å². The molecule has 0 unspecified atom stereocenters. The summed E-state index contributed by atoms with van der Waals surface area (Å²) < 4.78 is 0. The molecule has 0 saturated heterocycles. The average molecular weight is 513 g/mol. The summed E-state index contributed by atoms with van der Waals surface area (Å²) in [5.74, 6) is 0. The van der Waals surface area contributed by atoms with E-state index in [0.29, 0.717) is 27.4 Å². The third-order valence-corrected chi connectivity index (χ3v) is 30.5. The van der Waals surface area contributed by atoms with Gasteiger partial charge in [-0.15, -0.1) is 0 Å². The van der Waals surface area contributed by atoms with Crippen molar-refractivity contribution in [3.05, 3.63) is 0 Å². The molecule has 38 valence electrons. The summed E-state index contributed by atoms with van der Waals surface area (Å²) in [6.07, 6.45) is 0. The van der Waals surface area contributed by atoms with E-state index in [-0.39, 0.29) is 0 Å². The first-order valence-electron chi connectivity index (χ1n) is 0.865. The molecular weight excluding hydrogens is 511 g/mol. The quantitative estimate of drug-likeness (QED) is 0.296. The van der Waals surface area contributed by atoms with Crippen molar-refractivity contribution in [2.24, 2.45) is 0 Å². The molecule has 0 aromatic carbocycles. The summed E-state index contributed by atoms with van der Waals surface area (Å²) >= 11 is 4.93. The van der Waals surface area contributed by atoms with E-state index in [9.17, 15) is 0 Å². The SMILES string of the molecule is [TeH][Mo][S][S][Mo][TeH]. The van der Waals surface area contributed by atoms with E-state index in [1.807, 2.05) is 38.2 Å². The molecule has 0 aliphatic carbocycles. The molecule has 0 atom stereocenters. The Labute approximate surface area is 80.3 Å². The van der Waals surface area contributed by atoms with Crippen molar-refractivity contribution in [2.75, 3.05) is 0 Å². The van der Waals surface area contributed by atoms with E-state index < -0.39 is 0 Å². The molecule has 0 saturated carbocycles. The van der Waals surface area contributed by atoms with Crippen molar-refractivity contribution in [2.45, 2.75) is 0 Å². The monoisotopic (exact) mass is 522 g/mol. The second-order valence-electron chi connectivity index (χ2n) is 0.285. The van der Waals surface area contributed by atoms with Crippen molar-refractivity contribution in [1.29, 1.82) is 0 Å². The van der Waals surface area contributed by atoms with Crippen LogP contribution in [0.3, 0.4) is 0 Å². The van der Waals surface area contributed by atoms with Crippen LogP contribution in [0.4, 0.5) is 0 Å². The van der Waals surface area contributed by atoms with Crippen LogP contribution >= 0.6 is 17.0 Å². The summed E-state index contributed by atoms with van der Waals surface area (Å²) in [4.78, 5) is 0. The Morgan fingerprint density at radius 3 is 1.50 bits per heavy atom. The molecular formula is H2Mo2S2Te2. The van der Waals surface area contributed by atoms with Gasteiger partial charge in [-0.05, 0) is 0 Å². The van der Waals surface area contributed by atoms with Crippen LogP contribution in [0, 0.1) is 0 Å². The zero-order chi connectivity index (χ0) is 4.83.